The van der Waals surface area contributed by atoms with E-state index < -0.39 is 30.8 Å². The smallest absolute Gasteiger partial charge is 0.406 e. The van der Waals surface area contributed by atoms with Crippen molar-refractivity contribution < 1.29 is 46.3 Å². The number of carbonyl (C=O) groups is 3. The Kier molecular flexibility index (Phi) is 14.3. The van der Waals surface area contributed by atoms with E-state index in [1.165, 1.54) is 18.3 Å². The van der Waals surface area contributed by atoms with E-state index in [9.17, 15) is 32.7 Å². The van der Waals surface area contributed by atoms with Crippen LogP contribution >= 0.6 is 0 Å². The number of rotatable bonds is 15. The minimum atomic E-state index is -4.61. The minimum Gasteiger partial charge on any atom is -0.489 e. The number of aromatic nitrogens is 5. The van der Waals surface area contributed by atoms with Crippen molar-refractivity contribution in [3.05, 3.63) is 107 Å². The summed E-state index contributed by atoms with van der Waals surface area (Å²) >= 11 is 0. The number of amides is 3. The largest absolute Gasteiger partial charge is 0.489 e. The summed E-state index contributed by atoms with van der Waals surface area (Å²) in [5, 5.41) is 29.9. The van der Waals surface area contributed by atoms with Crippen LogP contribution in [0, 0.1) is 0 Å². The van der Waals surface area contributed by atoms with Gasteiger partial charge in [-0.1, -0.05) is 41.6 Å². The topological polar surface area (TPSA) is 197 Å². The molecule has 8 rings (SSSR count). The van der Waals surface area contributed by atoms with Gasteiger partial charge in [-0.25, -0.2) is 4.39 Å². The van der Waals surface area contributed by atoms with Gasteiger partial charge < -0.3 is 45.1 Å². The molecule has 3 aromatic carbocycles. The number of hydrogen-bond donors (Lipinski definition) is 5. The molecule has 0 aliphatic carbocycles. The number of likely N-dealkylation sites (tertiary alicyclic amines) is 1. The lowest BCUT2D eigenvalue weighted by Crippen LogP contribution is -2.50. The second-order valence-electron chi connectivity index (χ2n) is 18.5. The highest BCUT2D eigenvalue weighted by atomic mass is 19.4. The van der Waals surface area contributed by atoms with Crippen molar-refractivity contribution in [2.24, 2.45) is 0 Å². The first-order valence-corrected chi connectivity index (χ1v) is 22.6. The van der Waals surface area contributed by atoms with E-state index in [1.54, 1.807) is 27.9 Å². The molecule has 5 N–H and O–H groups in total. The standard InChI is InChI=1S/C48H55F4N11O6/c1-47(2,3)63-22-32(20-55-63)46(67)54-21-44-58-45(59-69-44)41-18-35-37(6-5-7-39(35)62(41)28-48(50,51)52)57-38-14-15-61(23-36(38)49)25-42(65)53-19-29-8-10-30(11-9-29)27-68-34-13-12-31-16-33(26-64)56-43(66)24-60(4)40(31)17-34/h5-13,17-18,20,22,33,36,38,57,64H,14-16,19,21,23-28H2,1-4H3,(H,53,65)(H,54,67)(H,56,66). The molecule has 17 nitrogen and oxygen atoms in total. The Balaban J connectivity index is 0.831. The van der Waals surface area contributed by atoms with Crippen LogP contribution in [0.3, 0.4) is 0 Å². The van der Waals surface area contributed by atoms with Crippen molar-refractivity contribution in [2.45, 2.75) is 89.8 Å². The molecular formula is C48H55F4N11O6. The van der Waals surface area contributed by atoms with Gasteiger partial charge in [-0.15, -0.1) is 0 Å². The fraction of sp³-hybridized carbons (Fsp3) is 0.417. The normalized spacial score (nSPS) is 18.0. The van der Waals surface area contributed by atoms with Gasteiger partial charge in [-0.2, -0.15) is 23.3 Å². The first kappa shape index (κ1) is 48.5. The molecule has 1 fully saturated rings. The second-order valence-corrected chi connectivity index (χ2v) is 18.5. The number of fused-ring (bicyclic) bond motifs is 2. The highest BCUT2D eigenvalue weighted by Gasteiger charge is 2.33. The van der Waals surface area contributed by atoms with Crippen LogP contribution in [-0.2, 0) is 47.8 Å². The molecule has 1 saturated heterocycles. The Hall–Kier alpha value is -7.00. The van der Waals surface area contributed by atoms with Gasteiger partial charge in [0, 0.05) is 55.7 Å². The maximum atomic E-state index is 15.8. The number of piperidine rings is 1. The Morgan fingerprint density at radius 2 is 1.80 bits per heavy atom. The Labute approximate surface area is 395 Å². The van der Waals surface area contributed by atoms with E-state index in [0.717, 1.165) is 26.9 Å². The maximum Gasteiger partial charge on any atom is 0.406 e. The number of aliphatic hydroxyl groups excluding tert-OH is 1. The van der Waals surface area contributed by atoms with Crippen LogP contribution in [0.5, 0.6) is 5.75 Å². The number of anilines is 2. The summed E-state index contributed by atoms with van der Waals surface area (Å²) in [6.45, 7) is 5.19. The summed E-state index contributed by atoms with van der Waals surface area (Å²) in [4.78, 5) is 45.9. The molecule has 0 saturated carbocycles. The fourth-order valence-corrected chi connectivity index (χ4v) is 8.46. The van der Waals surface area contributed by atoms with Gasteiger partial charge in [0.2, 0.25) is 23.5 Å². The molecule has 6 aromatic rings. The van der Waals surface area contributed by atoms with Crippen LogP contribution in [0.25, 0.3) is 22.4 Å². The van der Waals surface area contributed by atoms with Crippen LogP contribution in [0.1, 0.15) is 60.1 Å². The number of ether oxygens (including phenoxy) is 1. The zero-order valence-corrected chi connectivity index (χ0v) is 38.6. The van der Waals surface area contributed by atoms with Crippen LogP contribution in [0.15, 0.2) is 83.6 Å². The third-order valence-electron chi connectivity index (χ3n) is 12.1. The molecular weight excluding hydrogens is 903 g/mol. The number of nitrogens with zero attached hydrogens (tertiary/aromatic N) is 7. The Morgan fingerprint density at radius 3 is 2.52 bits per heavy atom. The maximum absolute atomic E-state index is 15.8. The van der Waals surface area contributed by atoms with E-state index in [1.807, 2.05) is 75.2 Å². The summed E-state index contributed by atoms with van der Waals surface area (Å²) in [5.74, 6) is -0.388. The molecule has 3 atom stereocenters. The van der Waals surface area contributed by atoms with Crippen LogP contribution in [0.2, 0.25) is 0 Å². The Bertz CT molecular complexity index is 2780. The van der Waals surface area contributed by atoms with Crippen molar-refractivity contribution in [1.29, 1.82) is 0 Å². The molecule has 69 heavy (non-hydrogen) atoms. The number of hydrogen-bond acceptors (Lipinski definition) is 12. The van der Waals surface area contributed by atoms with Gasteiger partial charge >= 0.3 is 6.18 Å². The van der Waals surface area contributed by atoms with Crippen molar-refractivity contribution in [3.8, 4) is 17.3 Å². The lowest BCUT2D eigenvalue weighted by atomic mass is 10.0. The highest BCUT2D eigenvalue weighted by Crippen LogP contribution is 2.35. The van der Waals surface area contributed by atoms with E-state index >= 15 is 4.39 Å². The fourth-order valence-electron chi connectivity index (χ4n) is 8.46. The summed E-state index contributed by atoms with van der Waals surface area (Å²) in [6, 6.07) is 18.6. The number of nitrogens with one attached hydrogen (secondary N) is 4. The van der Waals surface area contributed by atoms with E-state index in [4.69, 9.17) is 9.26 Å². The third kappa shape index (κ3) is 12.0. The summed E-state index contributed by atoms with van der Waals surface area (Å²) in [6.07, 6.45) is -2.16. The molecule has 0 spiro atoms. The molecule has 366 valence electrons. The molecule has 0 bridgehead atoms. The van der Waals surface area contributed by atoms with Crippen LogP contribution in [0.4, 0.5) is 28.9 Å². The summed E-state index contributed by atoms with van der Waals surface area (Å²) < 4.78 is 71.9. The van der Waals surface area contributed by atoms with Crippen molar-refractivity contribution >= 4 is 40.0 Å². The SMILES string of the molecule is CN1CC(=O)NC(CO)Cc2ccc(OCc3ccc(CNC(=O)CN4CCC(Nc5cccc6c5cc(-c5noc(CNC(=O)c7cnn(C(C)(C)C)c7)n5)n6CC(F)(F)F)C(F)C4)cc3)cc21. The highest BCUT2D eigenvalue weighted by molar-refractivity contribution is 5.96. The van der Waals surface area contributed by atoms with Crippen molar-refractivity contribution in [1.82, 2.24) is 45.3 Å². The quantitative estimate of drug-likeness (QED) is 0.0833. The lowest BCUT2D eigenvalue weighted by molar-refractivity contribution is -0.139. The van der Waals surface area contributed by atoms with Crippen LogP contribution < -0.4 is 30.9 Å². The summed E-state index contributed by atoms with van der Waals surface area (Å²) in [7, 11) is 1.83. The number of carbonyl (C=O) groups excluding carboxylic acids is 3. The van der Waals surface area contributed by atoms with Gasteiger partial charge in [0.15, 0.2) is 0 Å². The monoisotopic (exact) mass is 957 g/mol. The average Bonchev–Trinajstić information content (AvgIpc) is 4.07. The average molecular weight is 958 g/mol. The molecule has 2 aliphatic rings. The van der Waals surface area contributed by atoms with Gasteiger partial charge in [0.1, 0.15) is 25.1 Å². The molecule has 5 heterocycles. The predicted octanol–water partition coefficient (Wildman–Crippen LogP) is 5.32. The van der Waals surface area contributed by atoms with Gasteiger partial charge in [0.05, 0.1) is 66.8 Å². The van der Waals surface area contributed by atoms with Gasteiger partial charge in [-0.3, -0.25) is 24.0 Å². The minimum absolute atomic E-state index is 0.0160. The van der Waals surface area contributed by atoms with Crippen molar-refractivity contribution in [3.63, 3.8) is 0 Å². The number of likely N-dealkylation sites (N-methyl/N-ethyl adjacent to an activating group) is 1. The number of benzene rings is 3. The lowest BCUT2D eigenvalue weighted by Gasteiger charge is -2.35. The van der Waals surface area contributed by atoms with Gasteiger partial charge in [0.25, 0.3) is 5.91 Å². The first-order chi connectivity index (χ1) is 32.9. The van der Waals surface area contributed by atoms with Crippen LogP contribution in [-0.4, -0.2) is 116 Å². The molecule has 0 radical (unpaired) electrons. The Morgan fingerprint density at radius 1 is 1.01 bits per heavy atom. The van der Waals surface area contributed by atoms with Gasteiger partial charge in [-0.05, 0) is 74.6 Å². The second kappa shape index (κ2) is 20.3. The molecule has 3 unspecified atom stereocenters. The molecule has 2 aliphatic heterocycles. The number of aliphatic hydroxyl groups is 1. The van der Waals surface area contributed by atoms with E-state index in [-0.39, 0.29) is 85.7 Å². The predicted molar refractivity (Wildman–Crippen MR) is 248 cm³/mol. The first-order valence-electron chi connectivity index (χ1n) is 22.6. The molecule has 3 aromatic heterocycles. The van der Waals surface area contributed by atoms with E-state index in [2.05, 4.69) is 36.5 Å². The van der Waals surface area contributed by atoms with Crippen molar-refractivity contribution in [2.75, 3.05) is 50.1 Å². The number of alkyl halides is 4. The van der Waals surface area contributed by atoms with E-state index in [0.29, 0.717) is 48.4 Å². The summed E-state index contributed by atoms with van der Waals surface area (Å²) in [5.41, 5.74) is 4.26. The third-order valence-corrected chi connectivity index (χ3v) is 12.1. The zero-order chi connectivity index (χ0) is 49.0. The number of halogens is 4. The zero-order valence-electron chi connectivity index (χ0n) is 38.6. The molecule has 21 heteroatoms. The molecule has 3 amide bonds.